The summed E-state index contributed by atoms with van der Waals surface area (Å²) in [5, 5.41) is 3.15. The van der Waals surface area contributed by atoms with Gasteiger partial charge in [0.05, 0.1) is 6.04 Å². The molecule has 1 aliphatic carbocycles. The first kappa shape index (κ1) is 17.5. The van der Waals surface area contributed by atoms with E-state index in [-0.39, 0.29) is 11.9 Å². The molecule has 1 aliphatic rings. The molecule has 0 saturated heterocycles. The highest BCUT2D eigenvalue weighted by Gasteiger charge is 2.15. The van der Waals surface area contributed by atoms with E-state index < -0.39 is 0 Å². The van der Waals surface area contributed by atoms with E-state index in [9.17, 15) is 4.79 Å². The van der Waals surface area contributed by atoms with E-state index in [1.54, 1.807) is 6.08 Å². The monoisotopic (exact) mass is 333 g/mol. The van der Waals surface area contributed by atoms with Crippen LogP contribution in [0.25, 0.3) is 6.08 Å². The molecule has 0 aromatic heterocycles. The number of hydrogen-bond donors (Lipinski definition) is 1. The van der Waals surface area contributed by atoms with Crippen LogP contribution < -0.4 is 5.32 Å². The van der Waals surface area contributed by atoms with Crippen molar-refractivity contribution in [2.45, 2.75) is 52.0 Å². The second kappa shape index (κ2) is 8.15. The van der Waals surface area contributed by atoms with Crippen molar-refractivity contribution < 1.29 is 4.79 Å². The molecule has 3 rings (SSSR count). The van der Waals surface area contributed by atoms with Gasteiger partial charge in [0, 0.05) is 6.08 Å². The van der Waals surface area contributed by atoms with E-state index in [0.717, 1.165) is 12.0 Å². The van der Waals surface area contributed by atoms with Gasteiger partial charge in [0.2, 0.25) is 5.91 Å². The fraction of sp³-hybridized carbons (Fsp3) is 0.348. The first-order valence-corrected chi connectivity index (χ1v) is 9.32. The number of carbonyl (C=O) groups is 1. The smallest absolute Gasteiger partial charge is 0.244 e. The summed E-state index contributed by atoms with van der Waals surface area (Å²) in [6.07, 6.45) is 9.32. The van der Waals surface area contributed by atoms with Crippen molar-refractivity contribution in [2.24, 2.45) is 0 Å². The molecule has 2 nitrogen and oxygen atoms in total. The van der Waals surface area contributed by atoms with Gasteiger partial charge in [0.25, 0.3) is 0 Å². The van der Waals surface area contributed by atoms with Crippen LogP contribution in [0.15, 0.2) is 48.5 Å². The summed E-state index contributed by atoms with van der Waals surface area (Å²) in [6.45, 7) is 4.18. The summed E-state index contributed by atoms with van der Waals surface area (Å²) in [6, 6.07) is 15.0. The fourth-order valence-corrected chi connectivity index (χ4v) is 3.46. The zero-order chi connectivity index (χ0) is 17.6. The SMILES string of the molecule is CC[C@H](NC(=O)/C=C/c1ccc(C)cc1)c1ccc2c(c1)CCCC2. The molecule has 1 N–H and O–H groups in total. The highest BCUT2D eigenvalue weighted by atomic mass is 16.1. The van der Waals surface area contributed by atoms with Crippen LogP contribution in [0.4, 0.5) is 0 Å². The van der Waals surface area contributed by atoms with Crippen LogP contribution in [0.3, 0.4) is 0 Å². The first-order chi connectivity index (χ1) is 12.2. The molecule has 2 heteroatoms. The van der Waals surface area contributed by atoms with Crippen molar-refractivity contribution in [1.29, 1.82) is 0 Å². The van der Waals surface area contributed by atoms with Crippen LogP contribution in [-0.4, -0.2) is 5.91 Å². The quantitative estimate of drug-likeness (QED) is 0.753. The van der Waals surface area contributed by atoms with E-state index in [2.05, 4.69) is 49.5 Å². The number of rotatable bonds is 5. The van der Waals surface area contributed by atoms with Crippen molar-refractivity contribution in [3.05, 3.63) is 76.4 Å². The number of hydrogen-bond acceptors (Lipinski definition) is 1. The molecule has 2 aromatic carbocycles. The van der Waals surface area contributed by atoms with E-state index in [4.69, 9.17) is 0 Å². The average Bonchev–Trinajstić information content (AvgIpc) is 2.65. The molecular weight excluding hydrogens is 306 g/mol. The van der Waals surface area contributed by atoms with Gasteiger partial charge in [0.15, 0.2) is 0 Å². The Hall–Kier alpha value is -2.35. The molecule has 0 spiro atoms. The number of carbonyl (C=O) groups excluding carboxylic acids is 1. The predicted molar refractivity (Wildman–Crippen MR) is 104 cm³/mol. The Labute approximate surface area is 151 Å². The van der Waals surface area contributed by atoms with E-state index in [1.165, 1.54) is 47.9 Å². The third kappa shape index (κ3) is 4.60. The Bertz CT molecular complexity index is 758. The Morgan fingerprint density at radius 3 is 2.52 bits per heavy atom. The second-order valence-electron chi connectivity index (χ2n) is 6.95. The van der Waals surface area contributed by atoms with Gasteiger partial charge >= 0.3 is 0 Å². The molecule has 0 saturated carbocycles. The van der Waals surface area contributed by atoms with Crippen molar-refractivity contribution >= 4 is 12.0 Å². The normalized spacial score (nSPS) is 15.0. The lowest BCUT2D eigenvalue weighted by molar-refractivity contribution is -0.117. The van der Waals surface area contributed by atoms with E-state index in [1.807, 2.05) is 18.2 Å². The van der Waals surface area contributed by atoms with Gasteiger partial charge in [-0.25, -0.2) is 0 Å². The molecule has 2 aromatic rings. The molecule has 0 unspecified atom stereocenters. The average molecular weight is 333 g/mol. The van der Waals surface area contributed by atoms with Gasteiger partial charge in [-0.2, -0.15) is 0 Å². The van der Waals surface area contributed by atoms with Crippen LogP contribution in [-0.2, 0) is 17.6 Å². The Morgan fingerprint density at radius 1 is 1.08 bits per heavy atom. The predicted octanol–water partition coefficient (Wildman–Crippen LogP) is 5.15. The summed E-state index contributed by atoms with van der Waals surface area (Å²) in [4.78, 5) is 12.3. The molecule has 0 heterocycles. The maximum atomic E-state index is 12.3. The van der Waals surface area contributed by atoms with Gasteiger partial charge < -0.3 is 5.32 Å². The van der Waals surface area contributed by atoms with Crippen molar-refractivity contribution in [3.8, 4) is 0 Å². The molecule has 25 heavy (non-hydrogen) atoms. The zero-order valence-corrected chi connectivity index (χ0v) is 15.2. The summed E-state index contributed by atoms with van der Waals surface area (Å²) in [7, 11) is 0. The largest absolute Gasteiger partial charge is 0.346 e. The lowest BCUT2D eigenvalue weighted by atomic mass is 9.89. The number of aryl methyl sites for hydroxylation is 3. The van der Waals surface area contributed by atoms with Crippen LogP contribution >= 0.6 is 0 Å². The number of amides is 1. The van der Waals surface area contributed by atoms with Crippen LogP contribution in [0.1, 0.15) is 60.0 Å². The fourth-order valence-electron chi connectivity index (χ4n) is 3.46. The summed E-state index contributed by atoms with van der Waals surface area (Å²) in [5.41, 5.74) is 6.44. The maximum Gasteiger partial charge on any atom is 0.244 e. The van der Waals surface area contributed by atoms with E-state index in [0.29, 0.717) is 0 Å². The minimum Gasteiger partial charge on any atom is -0.346 e. The van der Waals surface area contributed by atoms with Crippen molar-refractivity contribution in [3.63, 3.8) is 0 Å². The van der Waals surface area contributed by atoms with Crippen LogP contribution in [0, 0.1) is 6.92 Å². The second-order valence-corrected chi connectivity index (χ2v) is 6.95. The standard InChI is InChI=1S/C23H27NO/c1-3-22(21-14-13-19-6-4-5-7-20(19)16-21)24-23(25)15-12-18-10-8-17(2)9-11-18/h8-16,22H,3-7H2,1-2H3,(H,24,25)/b15-12+/t22-/m0/s1. The minimum absolute atomic E-state index is 0.0369. The summed E-state index contributed by atoms with van der Waals surface area (Å²) in [5.74, 6) is -0.0369. The number of benzene rings is 2. The van der Waals surface area contributed by atoms with Crippen molar-refractivity contribution in [1.82, 2.24) is 5.32 Å². The Balaban J connectivity index is 1.67. The van der Waals surface area contributed by atoms with Gasteiger partial charge in [-0.1, -0.05) is 55.0 Å². The van der Waals surface area contributed by atoms with Crippen molar-refractivity contribution in [2.75, 3.05) is 0 Å². The molecule has 1 atom stereocenters. The highest BCUT2D eigenvalue weighted by molar-refractivity contribution is 5.92. The lowest BCUT2D eigenvalue weighted by Crippen LogP contribution is -2.26. The topological polar surface area (TPSA) is 29.1 Å². The molecule has 0 radical (unpaired) electrons. The summed E-state index contributed by atoms with van der Waals surface area (Å²) < 4.78 is 0. The molecule has 0 aliphatic heterocycles. The van der Waals surface area contributed by atoms with Gasteiger partial charge in [0.1, 0.15) is 0 Å². The third-order valence-electron chi connectivity index (χ3n) is 5.00. The van der Waals surface area contributed by atoms with Crippen LogP contribution in [0.5, 0.6) is 0 Å². The lowest BCUT2D eigenvalue weighted by Gasteiger charge is -2.21. The Morgan fingerprint density at radius 2 is 1.80 bits per heavy atom. The van der Waals surface area contributed by atoms with Gasteiger partial charge in [-0.3, -0.25) is 4.79 Å². The first-order valence-electron chi connectivity index (χ1n) is 9.32. The minimum atomic E-state index is -0.0369. The Kier molecular flexibility index (Phi) is 5.70. The molecule has 0 fully saturated rings. The number of fused-ring (bicyclic) bond motifs is 1. The highest BCUT2D eigenvalue weighted by Crippen LogP contribution is 2.26. The number of nitrogens with one attached hydrogen (secondary N) is 1. The molecule has 1 amide bonds. The van der Waals surface area contributed by atoms with Gasteiger partial charge in [-0.15, -0.1) is 0 Å². The van der Waals surface area contributed by atoms with E-state index >= 15 is 0 Å². The van der Waals surface area contributed by atoms with Crippen LogP contribution in [0.2, 0.25) is 0 Å². The maximum absolute atomic E-state index is 12.3. The third-order valence-corrected chi connectivity index (χ3v) is 5.00. The van der Waals surface area contributed by atoms with Gasteiger partial charge in [-0.05, 0) is 67.4 Å². The molecule has 0 bridgehead atoms. The molecular formula is C23H27NO. The molecule has 130 valence electrons. The zero-order valence-electron chi connectivity index (χ0n) is 15.2. The summed E-state index contributed by atoms with van der Waals surface area (Å²) >= 11 is 0.